The lowest BCUT2D eigenvalue weighted by atomic mass is 9.82. The molecule has 0 unspecified atom stereocenters. The van der Waals surface area contributed by atoms with E-state index in [0.717, 1.165) is 12.8 Å². The van der Waals surface area contributed by atoms with Crippen molar-refractivity contribution in [3.8, 4) is 0 Å². The number of aliphatic hydroxyl groups is 1. The molecule has 1 amide bonds. The fourth-order valence-corrected chi connectivity index (χ4v) is 1.32. The van der Waals surface area contributed by atoms with E-state index >= 15 is 0 Å². The Kier molecular flexibility index (Phi) is 3.29. The van der Waals surface area contributed by atoms with E-state index in [9.17, 15) is 4.79 Å². The SMILES string of the molecule is CC=CC(=O)NCC1CC(O)C1. The molecule has 1 aliphatic carbocycles. The molecule has 68 valence electrons. The van der Waals surface area contributed by atoms with E-state index in [2.05, 4.69) is 5.32 Å². The van der Waals surface area contributed by atoms with Gasteiger partial charge in [-0.05, 0) is 31.8 Å². The van der Waals surface area contributed by atoms with Gasteiger partial charge in [0.1, 0.15) is 0 Å². The zero-order valence-corrected chi connectivity index (χ0v) is 7.29. The highest BCUT2D eigenvalue weighted by Gasteiger charge is 2.26. The molecule has 3 heteroatoms. The summed E-state index contributed by atoms with van der Waals surface area (Å²) in [5, 5.41) is 11.7. The quantitative estimate of drug-likeness (QED) is 0.603. The molecule has 12 heavy (non-hydrogen) atoms. The van der Waals surface area contributed by atoms with Crippen molar-refractivity contribution in [2.24, 2.45) is 5.92 Å². The van der Waals surface area contributed by atoms with Gasteiger partial charge in [0.05, 0.1) is 6.10 Å². The van der Waals surface area contributed by atoms with Gasteiger partial charge < -0.3 is 10.4 Å². The van der Waals surface area contributed by atoms with Crippen molar-refractivity contribution < 1.29 is 9.90 Å². The summed E-state index contributed by atoms with van der Waals surface area (Å²) in [6.45, 7) is 2.51. The highest BCUT2D eigenvalue weighted by molar-refractivity contribution is 5.87. The number of hydrogen-bond donors (Lipinski definition) is 2. The zero-order valence-electron chi connectivity index (χ0n) is 7.29. The molecule has 0 aromatic carbocycles. The highest BCUT2D eigenvalue weighted by atomic mass is 16.3. The van der Waals surface area contributed by atoms with Crippen LogP contribution >= 0.6 is 0 Å². The fourth-order valence-electron chi connectivity index (χ4n) is 1.32. The number of carbonyl (C=O) groups is 1. The molecule has 3 nitrogen and oxygen atoms in total. The second kappa shape index (κ2) is 4.26. The van der Waals surface area contributed by atoms with Gasteiger partial charge in [0.2, 0.25) is 5.91 Å². The van der Waals surface area contributed by atoms with Gasteiger partial charge in [0.25, 0.3) is 0 Å². The lowest BCUT2D eigenvalue weighted by Crippen LogP contribution is -2.37. The van der Waals surface area contributed by atoms with E-state index in [0.29, 0.717) is 12.5 Å². The third-order valence-electron chi connectivity index (χ3n) is 2.09. The van der Waals surface area contributed by atoms with Gasteiger partial charge in [-0.1, -0.05) is 6.08 Å². The Balaban J connectivity index is 2.06. The standard InChI is InChI=1S/C9H15NO2/c1-2-3-9(12)10-6-7-4-8(11)5-7/h2-3,7-8,11H,4-6H2,1H3,(H,10,12). The lowest BCUT2D eigenvalue weighted by Gasteiger charge is -2.31. The van der Waals surface area contributed by atoms with E-state index in [1.54, 1.807) is 6.08 Å². The number of aliphatic hydroxyl groups excluding tert-OH is 1. The minimum absolute atomic E-state index is 0.0427. The van der Waals surface area contributed by atoms with E-state index < -0.39 is 0 Å². The van der Waals surface area contributed by atoms with Crippen molar-refractivity contribution in [2.75, 3.05) is 6.54 Å². The average Bonchev–Trinajstić information content (AvgIpc) is 1.96. The maximum Gasteiger partial charge on any atom is 0.243 e. The summed E-state index contributed by atoms with van der Waals surface area (Å²) >= 11 is 0. The van der Waals surface area contributed by atoms with Gasteiger partial charge in [0, 0.05) is 6.54 Å². The Labute approximate surface area is 72.5 Å². The molecular formula is C9H15NO2. The lowest BCUT2D eigenvalue weighted by molar-refractivity contribution is -0.117. The normalized spacial score (nSPS) is 28.5. The number of carbonyl (C=O) groups excluding carboxylic acids is 1. The van der Waals surface area contributed by atoms with Crippen LogP contribution in [0.15, 0.2) is 12.2 Å². The molecule has 0 spiro atoms. The monoisotopic (exact) mass is 169 g/mol. The maximum atomic E-state index is 10.9. The first-order chi connectivity index (χ1) is 5.72. The van der Waals surface area contributed by atoms with Crippen molar-refractivity contribution in [1.29, 1.82) is 0 Å². The van der Waals surface area contributed by atoms with Crippen LogP contribution in [0, 0.1) is 5.92 Å². The predicted octanol–water partition coefficient (Wildman–Crippen LogP) is 0.450. The van der Waals surface area contributed by atoms with Gasteiger partial charge in [-0.3, -0.25) is 4.79 Å². The van der Waals surface area contributed by atoms with Gasteiger partial charge in [-0.2, -0.15) is 0 Å². The largest absolute Gasteiger partial charge is 0.393 e. The second-order valence-corrected chi connectivity index (χ2v) is 3.24. The molecule has 2 N–H and O–H groups in total. The molecule has 1 rings (SSSR count). The second-order valence-electron chi connectivity index (χ2n) is 3.24. The third-order valence-corrected chi connectivity index (χ3v) is 2.09. The Morgan fingerprint density at radius 2 is 2.33 bits per heavy atom. The summed E-state index contributed by atoms with van der Waals surface area (Å²) in [7, 11) is 0. The molecule has 0 aromatic heterocycles. The fraction of sp³-hybridized carbons (Fsp3) is 0.667. The molecule has 1 aliphatic rings. The van der Waals surface area contributed by atoms with E-state index in [1.165, 1.54) is 6.08 Å². The molecule has 0 saturated heterocycles. The van der Waals surface area contributed by atoms with Crippen molar-refractivity contribution >= 4 is 5.91 Å². The topological polar surface area (TPSA) is 49.3 Å². The van der Waals surface area contributed by atoms with Crippen LogP contribution in [0.3, 0.4) is 0 Å². The van der Waals surface area contributed by atoms with Crippen LogP contribution in [0.5, 0.6) is 0 Å². The van der Waals surface area contributed by atoms with Crippen molar-refractivity contribution in [3.63, 3.8) is 0 Å². The van der Waals surface area contributed by atoms with Crippen LogP contribution in [0.4, 0.5) is 0 Å². The highest BCUT2D eigenvalue weighted by Crippen LogP contribution is 2.25. The minimum Gasteiger partial charge on any atom is -0.393 e. The number of amides is 1. The summed E-state index contributed by atoms with van der Waals surface area (Å²) in [5.74, 6) is 0.438. The van der Waals surface area contributed by atoms with Gasteiger partial charge in [0.15, 0.2) is 0 Å². The van der Waals surface area contributed by atoms with E-state index in [4.69, 9.17) is 5.11 Å². The third kappa shape index (κ3) is 2.66. The van der Waals surface area contributed by atoms with Crippen LogP contribution in [0.25, 0.3) is 0 Å². The summed E-state index contributed by atoms with van der Waals surface area (Å²) < 4.78 is 0. The summed E-state index contributed by atoms with van der Waals surface area (Å²) in [6.07, 6.45) is 4.75. The molecule has 0 atom stereocenters. The minimum atomic E-state index is -0.131. The summed E-state index contributed by atoms with van der Waals surface area (Å²) in [4.78, 5) is 10.9. The Hall–Kier alpha value is -0.830. The molecule has 1 fully saturated rings. The van der Waals surface area contributed by atoms with Crippen molar-refractivity contribution in [3.05, 3.63) is 12.2 Å². The molecule has 0 heterocycles. The molecule has 0 radical (unpaired) electrons. The summed E-state index contributed by atoms with van der Waals surface area (Å²) in [5.41, 5.74) is 0. The summed E-state index contributed by atoms with van der Waals surface area (Å²) in [6, 6.07) is 0. The van der Waals surface area contributed by atoms with Gasteiger partial charge in [-0.15, -0.1) is 0 Å². The van der Waals surface area contributed by atoms with Gasteiger partial charge in [-0.25, -0.2) is 0 Å². The first-order valence-corrected chi connectivity index (χ1v) is 4.31. The zero-order chi connectivity index (χ0) is 8.97. The van der Waals surface area contributed by atoms with Crippen LogP contribution in [-0.2, 0) is 4.79 Å². The number of hydrogen-bond acceptors (Lipinski definition) is 2. The number of rotatable bonds is 3. The first-order valence-electron chi connectivity index (χ1n) is 4.31. The smallest absolute Gasteiger partial charge is 0.243 e. The average molecular weight is 169 g/mol. The van der Waals surface area contributed by atoms with Crippen LogP contribution in [-0.4, -0.2) is 23.7 Å². The molecular weight excluding hydrogens is 154 g/mol. The van der Waals surface area contributed by atoms with Crippen molar-refractivity contribution in [2.45, 2.75) is 25.9 Å². The molecule has 0 aromatic rings. The Morgan fingerprint density at radius 1 is 1.67 bits per heavy atom. The van der Waals surface area contributed by atoms with E-state index in [1.807, 2.05) is 6.92 Å². The van der Waals surface area contributed by atoms with E-state index in [-0.39, 0.29) is 12.0 Å². The number of nitrogens with one attached hydrogen (secondary N) is 1. The van der Waals surface area contributed by atoms with Crippen molar-refractivity contribution in [1.82, 2.24) is 5.32 Å². The molecule has 0 bridgehead atoms. The number of allylic oxidation sites excluding steroid dienone is 1. The predicted molar refractivity (Wildman–Crippen MR) is 46.6 cm³/mol. The molecule has 0 aliphatic heterocycles. The molecule has 1 saturated carbocycles. The Morgan fingerprint density at radius 3 is 2.83 bits per heavy atom. The Bertz CT molecular complexity index is 183. The van der Waals surface area contributed by atoms with Gasteiger partial charge >= 0.3 is 0 Å². The first kappa shape index (κ1) is 9.26. The van der Waals surface area contributed by atoms with Crippen LogP contribution in [0.1, 0.15) is 19.8 Å². The van der Waals surface area contributed by atoms with Crippen LogP contribution in [0.2, 0.25) is 0 Å². The van der Waals surface area contributed by atoms with Crippen LogP contribution < -0.4 is 5.32 Å². The maximum absolute atomic E-state index is 10.9.